The van der Waals surface area contributed by atoms with Gasteiger partial charge in [0.15, 0.2) is 0 Å². The molecule has 0 aliphatic carbocycles. The summed E-state index contributed by atoms with van der Waals surface area (Å²) < 4.78 is 11.0. The maximum atomic E-state index is 11.0. The van der Waals surface area contributed by atoms with Crippen LogP contribution in [0, 0.1) is 0 Å². The predicted molar refractivity (Wildman–Crippen MR) is 119 cm³/mol. The largest absolute Gasteiger partial charge is 0.487 e. The quantitative estimate of drug-likeness (QED) is 0.393. The molecule has 0 saturated carbocycles. The van der Waals surface area contributed by atoms with E-state index in [9.17, 15) is 4.79 Å². The Morgan fingerprint density at radius 1 is 1.00 bits per heavy atom. The highest BCUT2D eigenvalue weighted by atomic mass is 32.1. The third kappa shape index (κ3) is 5.64. The minimum absolute atomic E-state index is 0.204. The number of hydrogen-bond acceptors (Lipinski definition) is 8. The van der Waals surface area contributed by atoms with Gasteiger partial charge in [-0.3, -0.25) is 4.79 Å². The van der Waals surface area contributed by atoms with Gasteiger partial charge in [-0.15, -0.1) is 11.3 Å². The van der Waals surface area contributed by atoms with Gasteiger partial charge in [0.25, 0.3) is 0 Å². The molecule has 1 N–H and O–H groups in total. The van der Waals surface area contributed by atoms with E-state index in [4.69, 9.17) is 9.47 Å². The summed E-state index contributed by atoms with van der Waals surface area (Å²) in [5.74, 6) is 0.819. The smallest absolute Gasteiger partial charge is 0.302 e. The maximum Gasteiger partial charge on any atom is 0.302 e. The van der Waals surface area contributed by atoms with E-state index in [1.165, 1.54) is 18.3 Å². The standard InChI is InChI=1S/C23H20N4O3S/c1-16(28)29-15-18-13-25-22(31-18)20-11-12-24-23(27-20)26-19-9-5-6-10-21(19)30-14-17-7-3-2-4-8-17/h2-13H,14-15H2,1H3,(H,24,26,27). The Morgan fingerprint density at radius 2 is 1.81 bits per heavy atom. The average Bonchev–Trinajstić information content (AvgIpc) is 3.27. The fourth-order valence-electron chi connectivity index (χ4n) is 2.75. The van der Waals surface area contributed by atoms with Gasteiger partial charge in [0.1, 0.15) is 29.7 Å². The average molecular weight is 433 g/mol. The van der Waals surface area contributed by atoms with Crippen LogP contribution in [-0.4, -0.2) is 20.9 Å². The molecule has 0 aliphatic heterocycles. The Bertz CT molecular complexity index is 1160. The molecular weight excluding hydrogens is 412 g/mol. The number of para-hydroxylation sites is 2. The Hall–Kier alpha value is -3.78. The van der Waals surface area contributed by atoms with Crippen LogP contribution < -0.4 is 10.1 Å². The van der Waals surface area contributed by atoms with E-state index in [1.807, 2.05) is 54.6 Å². The Balaban J connectivity index is 1.47. The van der Waals surface area contributed by atoms with Crippen molar-refractivity contribution in [3.63, 3.8) is 0 Å². The molecule has 4 aromatic rings. The van der Waals surface area contributed by atoms with Crippen molar-refractivity contribution >= 4 is 28.9 Å². The van der Waals surface area contributed by atoms with Crippen LogP contribution in [0.2, 0.25) is 0 Å². The summed E-state index contributed by atoms with van der Waals surface area (Å²) in [6.07, 6.45) is 3.36. The van der Waals surface area contributed by atoms with Crippen LogP contribution in [0.25, 0.3) is 10.7 Å². The van der Waals surface area contributed by atoms with Crippen LogP contribution >= 0.6 is 11.3 Å². The van der Waals surface area contributed by atoms with E-state index in [0.29, 0.717) is 24.0 Å². The van der Waals surface area contributed by atoms with E-state index in [1.54, 1.807) is 18.5 Å². The molecule has 7 nitrogen and oxygen atoms in total. The highest BCUT2D eigenvalue weighted by Crippen LogP contribution is 2.29. The molecule has 2 aromatic heterocycles. The molecule has 0 radical (unpaired) electrons. The summed E-state index contributed by atoms with van der Waals surface area (Å²) in [6, 6.07) is 19.4. The molecule has 0 atom stereocenters. The highest BCUT2D eigenvalue weighted by molar-refractivity contribution is 7.14. The number of rotatable bonds is 8. The normalized spacial score (nSPS) is 10.5. The van der Waals surface area contributed by atoms with E-state index < -0.39 is 0 Å². The van der Waals surface area contributed by atoms with Crippen LogP contribution in [0.15, 0.2) is 73.1 Å². The molecule has 0 fully saturated rings. The first-order valence-electron chi connectivity index (χ1n) is 9.61. The summed E-state index contributed by atoms with van der Waals surface area (Å²) in [5, 5.41) is 3.95. The number of carbonyl (C=O) groups excluding carboxylic acids is 1. The first-order valence-corrected chi connectivity index (χ1v) is 10.4. The van der Waals surface area contributed by atoms with Crippen LogP contribution in [0.3, 0.4) is 0 Å². The van der Waals surface area contributed by atoms with Gasteiger partial charge >= 0.3 is 5.97 Å². The number of ether oxygens (including phenoxy) is 2. The van der Waals surface area contributed by atoms with E-state index in [-0.39, 0.29) is 12.6 Å². The van der Waals surface area contributed by atoms with Gasteiger partial charge in [-0.1, -0.05) is 42.5 Å². The van der Waals surface area contributed by atoms with Crippen molar-refractivity contribution in [3.05, 3.63) is 83.5 Å². The van der Waals surface area contributed by atoms with Crippen molar-refractivity contribution in [2.45, 2.75) is 20.1 Å². The fourth-order valence-corrected chi connectivity index (χ4v) is 3.55. The molecule has 31 heavy (non-hydrogen) atoms. The van der Waals surface area contributed by atoms with Gasteiger partial charge in [0, 0.05) is 19.3 Å². The number of benzene rings is 2. The van der Waals surface area contributed by atoms with Crippen molar-refractivity contribution in [1.29, 1.82) is 0 Å². The second-order valence-electron chi connectivity index (χ2n) is 6.57. The summed E-state index contributed by atoms with van der Waals surface area (Å²) in [6.45, 7) is 2.05. The number of hydrogen-bond donors (Lipinski definition) is 1. The van der Waals surface area contributed by atoms with Crippen LogP contribution in [0.1, 0.15) is 17.4 Å². The molecule has 0 bridgehead atoms. The van der Waals surface area contributed by atoms with Crippen molar-refractivity contribution in [1.82, 2.24) is 15.0 Å². The van der Waals surface area contributed by atoms with Gasteiger partial charge in [0.05, 0.1) is 10.6 Å². The molecule has 8 heteroatoms. The summed E-state index contributed by atoms with van der Waals surface area (Å²) in [4.78, 5) is 25.1. The van der Waals surface area contributed by atoms with Crippen molar-refractivity contribution in [2.75, 3.05) is 5.32 Å². The molecule has 156 valence electrons. The van der Waals surface area contributed by atoms with Gasteiger partial charge in [-0.2, -0.15) is 0 Å². The zero-order valence-electron chi connectivity index (χ0n) is 16.8. The van der Waals surface area contributed by atoms with E-state index in [0.717, 1.165) is 21.1 Å². The van der Waals surface area contributed by atoms with Crippen molar-refractivity contribution in [2.24, 2.45) is 0 Å². The number of carbonyl (C=O) groups is 1. The molecule has 0 saturated heterocycles. The van der Waals surface area contributed by atoms with E-state index in [2.05, 4.69) is 20.3 Å². The lowest BCUT2D eigenvalue weighted by molar-refractivity contribution is -0.142. The fraction of sp³-hybridized carbons (Fsp3) is 0.130. The van der Waals surface area contributed by atoms with Gasteiger partial charge < -0.3 is 14.8 Å². The Kier molecular flexibility index (Phi) is 6.49. The minimum Gasteiger partial charge on any atom is -0.487 e. The molecule has 2 heterocycles. The van der Waals surface area contributed by atoms with Gasteiger partial charge in [0.2, 0.25) is 5.95 Å². The zero-order chi connectivity index (χ0) is 21.5. The SMILES string of the molecule is CC(=O)OCc1cnc(-c2ccnc(Nc3ccccc3OCc3ccccc3)n2)s1. The lowest BCUT2D eigenvalue weighted by Gasteiger charge is -2.12. The van der Waals surface area contributed by atoms with Crippen LogP contribution in [0.5, 0.6) is 5.75 Å². The molecule has 2 aromatic carbocycles. The molecule has 0 unspecified atom stereocenters. The number of esters is 1. The third-order valence-corrected chi connectivity index (χ3v) is 5.21. The summed E-state index contributed by atoms with van der Waals surface area (Å²) in [7, 11) is 0. The molecule has 0 spiro atoms. The van der Waals surface area contributed by atoms with Crippen LogP contribution in [-0.2, 0) is 22.7 Å². The van der Waals surface area contributed by atoms with Crippen molar-refractivity contribution in [3.8, 4) is 16.5 Å². The summed E-state index contributed by atoms with van der Waals surface area (Å²) in [5.41, 5.74) is 2.54. The number of nitrogens with one attached hydrogen (secondary N) is 1. The molecule has 0 aliphatic rings. The number of thiazole rings is 1. The number of nitrogens with zero attached hydrogens (tertiary/aromatic N) is 3. The highest BCUT2D eigenvalue weighted by Gasteiger charge is 2.10. The van der Waals surface area contributed by atoms with Crippen molar-refractivity contribution < 1.29 is 14.3 Å². The second-order valence-corrected chi connectivity index (χ2v) is 7.69. The first kappa shape index (κ1) is 20.5. The molecular formula is C23H20N4O3S. The summed E-state index contributed by atoms with van der Waals surface area (Å²) >= 11 is 1.42. The minimum atomic E-state index is -0.323. The topological polar surface area (TPSA) is 86.2 Å². The molecule has 4 rings (SSSR count). The van der Waals surface area contributed by atoms with Gasteiger partial charge in [-0.05, 0) is 23.8 Å². The Morgan fingerprint density at radius 3 is 2.65 bits per heavy atom. The second kappa shape index (κ2) is 9.82. The van der Waals surface area contributed by atoms with Crippen LogP contribution in [0.4, 0.5) is 11.6 Å². The Labute approximate surface area is 183 Å². The number of aromatic nitrogens is 3. The lowest BCUT2D eigenvalue weighted by atomic mass is 10.2. The zero-order valence-corrected chi connectivity index (χ0v) is 17.6. The van der Waals surface area contributed by atoms with Gasteiger partial charge in [-0.25, -0.2) is 15.0 Å². The monoisotopic (exact) mass is 432 g/mol. The predicted octanol–water partition coefficient (Wildman–Crippen LogP) is 4.99. The maximum absolute atomic E-state index is 11.0. The lowest BCUT2D eigenvalue weighted by Crippen LogP contribution is -2.02. The first-order chi connectivity index (χ1) is 15.2. The molecule has 0 amide bonds. The van der Waals surface area contributed by atoms with E-state index >= 15 is 0 Å². The number of anilines is 2. The third-order valence-electron chi connectivity index (χ3n) is 4.22.